The summed E-state index contributed by atoms with van der Waals surface area (Å²) < 4.78 is 1.50. The highest BCUT2D eigenvalue weighted by molar-refractivity contribution is 5.39. The first-order valence-corrected chi connectivity index (χ1v) is 6.83. The van der Waals surface area contributed by atoms with Gasteiger partial charge in [-0.1, -0.05) is 13.8 Å². The van der Waals surface area contributed by atoms with Gasteiger partial charge in [-0.05, 0) is 26.7 Å². The van der Waals surface area contributed by atoms with Gasteiger partial charge in [0.1, 0.15) is 11.4 Å². The summed E-state index contributed by atoms with van der Waals surface area (Å²) in [4.78, 5) is 10.5. The van der Waals surface area contributed by atoms with Crippen molar-refractivity contribution in [2.75, 3.05) is 6.54 Å². The highest BCUT2D eigenvalue weighted by Crippen LogP contribution is 2.21. The first-order chi connectivity index (χ1) is 9.23. The minimum absolute atomic E-state index is 0.0284. The molecule has 0 saturated carbocycles. The van der Waals surface area contributed by atoms with Gasteiger partial charge < -0.3 is 10.4 Å². The molecular weight excluding hydrogens is 260 g/mol. The van der Waals surface area contributed by atoms with Gasteiger partial charge in [0.2, 0.25) is 0 Å². The Balaban J connectivity index is 2.65. The summed E-state index contributed by atoms with van der Waals surface area (Å²) in [7, 11) is 0. The number of nitrogens with zero attached hydrogens (tertiary/aromatic N) is 3. The molecule has 0 radical (unpaired) electrons. The summed E-state index contributed by atoms with van der Waals surface area (Å²) in [6, 6.07) is 0.305. The fourth-order valence-electron chi connectivity index (χ4n) is 1.95. The Morgan fingerprint density at radius 1 is 1.40 bits per heavy atom. The van der Waals surface area contributed by atoms with E-state index in [0.717, 1.165) is 0 Å². The van der Waals surface area contributed by atoms with Crippen LogP contribution < -0.4 is 5.32 Å². The van der Waals surface area contributed by atoms with Gasteiger partial charge in [0, 0.05) is 12.6 Å². The van der Waals surface area contributed by atoms with E-state index >= 15 is 0 Å². The predicted molar refractivity (Wildman–Crippen MR) is 76.7 cm³/mol. The largest absolute Gasteiger partial charge is 0.390 e. The molecule has 2 N–H and O–H groups in total. The number of aliphatic hydroxyl groups is 1. The maximum absolute atomic E-state index is 10.9. The number of rotatable bonds is 7. The second-order valence-corrected chi connectivity index (χ2v) is 5.55. The second kappa shape index (κ2) is 6.81. The second-order valence-electron chi connectivity index (χ2n) is 5.55. The molecule has 7 heteroatoms. The lowest BCUT2D eigenvalue weighted by atomic mass is 10.1. The lowest BCUT2D eigenvalue weighted by Gasteiger charge is -2.20. The van der Waals surface area contributed by atoms with E-state index in [1.807, 2.05) is 0 Å². The lowest BCUT2D eigenvalue weighted by Crippen LogP contribution is -2.38. The first kappa shape index (κ1) is 16.6. The number of aryl methyl sites for hydroxylation is 1. The van der Waals surface area contributed by atoms with E-state index in [2.05, 4.69) is 31.2 Å². The summed E-state index contributed by atoms with van der Waals surface area (Å²) >= 11 is 0. The van der Waals surface area contributed by atoms with Crippen LogP contribution in [0.4, 0.5) is 5.69 Å². The Morgan fingerprint density at radius 3 is 2.45 bits per heavy atom. The van der Waals surface area contributed by atoms with Crippen LogP contribution >= 0.6 is 0 Å². The zero-order valence-corrected chi connectivity index (χ0v) is 12.8. The summed E-state index contributed by atoms with van der Waals surface area (Å²) in [6.07, 6.45) is -0.631. The molecule has 0 bridgehead atoms. The third-order valence-corrected chi connectivity index (χ3v) is 3.59. The quantitative estimate of drug-likeness (QED) is 0.583. The average Bonchev–Trinajstić information content (AvgIpc) is 2.61. The highest BCUT2D eigenvalue weighted by atomic mass is 16.6. The van der Waals surface area contributed by atoms with Gasteiger partial charge in [-0.15, -0.1) is 0 Å². The van der Waals surface area contributed by atoms with Crippen LogP contribution in [-0.4, -0.2) is 38.5 Å². The van der Waals surface area contributed by atoms with Crippen molar-refractivity contribution in [2.24, 2.45) is 5.92 Å². The molecule has 0 aliphatic rings. The molecule has 0 amide bonds. The zero-order valence-electron chi connectivity index (χ0n) is 12.8. The maximum Gasteiger partial charge on any atom is 0.312 e. The fraction of sp³-hybridized carbons (Fsp3) is 0.769. The van der Waals surface area contributed by atoms with Crippen molar-refractivity contribution in [1.82, 2.24) is 15.1 Å². The minimum Gasteiger partial charge on any atom is -0.390 e. The molecule has 1 aromatic rings. The van der Waals surface area contributed by atoms with Crippen LogP contribution in [0.25, 0.3) is 0 Å². The van der Waals surface area contributed by atoms with E-state index in [0.29, 0.717) is 29.9 Å². The first-order valence-electron chi connectivity index (χ1n) is 6.83. The van der Waals surface area contributed by atoms with Crippen LogP contribution in [0.1, 0.15) is 32.2 Å². The van der Waals surface area contributed by atoms with E-state index in [1.54, 1.807) is 13.8 Å². The molecule has 2 unspecified atom stereocenters. The van der Waals surface area contributed by atoms with Crippen molar-refractivity contribution in [2.45, 2.75) is 53.3 Å². The van der Waals surface area contributed by atoms with E-state index < -0.39 is 11.0 Å². The van der Waals surface area contributed by atoms with Gasteiger partial charge >= 0.3 is 5.69 Å². The van der Waals surface area contributed by atoms with Gasteiger partial charge in [-0.25, -0.2) is 0 Å². The molecule has 1 heterocycles. The minimum atomic E-state index is -0.631. The number of nitrogens with one attached hydrogen (secondary N) is 1. The molecule has 1 aromatic heterocycles. The third-order valence-electron chi connectivity index (χ3n) is 3.59. The molecule has 1 rings (SSSR count). The van der Waals surface area contributed by atoms with Crippen molar-refractivity contribution in [3.05, 3.63) is 21.5 Å². The van der Waals surface area contributed by atoms with Gasteiger partial charge in [0.05, 0.1) is 17.6 Å². The Kier molecular flexibility index (Phi) is 5.64. The van der Waals surface area contributed by atoms with Crippen molar-refractivity contribution in [3.8, 4) is 0 Å². The molecule has 0 saturated heterocycles. The molecule has 0 aromatic carbocycles. The molecule has 2 atom stereocenters. The normalized spacial score (nSPS) is 14.6. The summed E-state index contributed by atoms with van der Waals surface area (Å²) in [5.74, 6) is 0.483. The molecule has 0 aliphatic heterocycles. The molecule has 0 fully saturated rings. The third kappa shape index (κ3) is 4.01. The van der Waals surface area contributed by atoms with Crippen molar-refractivity contribution in [1.29, 1.82) is 0 Å². The molecule has 20 heavy (non-hydrogen) atoms. The monoisotopic (exact) mass is 284 g/mol. The number of hydrogen-bond acceptors (Lipinski definition) is 5. The standard InChI is InChI=1S/C13H24N4O3/c1-8(2)9(3)14-6-12(18)7-16-11(5)13(17(19)20)10(4)15-16/h8-9,12,14,18H,6-7H2,1-5H3. The van der Waals surface area contributed by atoms with Crippen molar-refractivity contribution >= 4 is 5.69 Å². The summed E-state index contributed by atoms with van der Waals surface area (Å²) in [5, 5.41) is 28.3. The number of hydrogen-bond donors (Lipinski definition) is 2. The van der Waals surface area contributed by atoms with E-state index in [9.17, 15) is 15.2 Å². The molecule has 114 valence electrons. The number of nitro groups is 1. The van der Waals surface area contributed by atoms with Gasteiger partial charge in [-0.2, -0.15) is 5.10 Å². The van der Waals surface area contributed by atoms with Crippen molar-refractivity contribution < 1.29 is 10.0 Å². The van der Waals surface area contributed by atoms with Crippen molar-refractivity contribution in [3.63, 3.8) is 0 Å². The van der Waals surface area contributed by atoms with E-state index in [1.165, 1.54) is 4.68 Å². The smallest absolute Gasteiger partial charge is 0.312 e. The number of aromatic nitrogens is 2. The molecule has 7 nitrogen and oxygen atoms in total. The Labute approximate surface area is 119 Å². The topological polar surface area (TPSA) is 93.2 Å². The van der Waals surface area contributed by atoms with Crippen LogP contribution in [-0.2, 0) is 6.54 Å². The summed E-state index contributed by atoms with van der Waals surface area (Å²) in [5.41, 5.74) is 0.882. The fourth-order valence-corrected chi connectivity index (χ4v) is 1.95. The van der Waals surface area contributed by atoms with Crippen LogP contribution in [0.3, 0.4) is 0 Å². The van der Waals surface area contributed by atoms with Crippen LogP contribution in [0.15, 0.2) is 0 Å². The van der Waals surface area contributed by atoms with Gasteiger partial charge in [-0.3, -0.25) is 14.8 Å². The lowest BCUT2D eigenvalue weighted by molar-refractivity contribution is -0.386. The SMILES string of the molecule is Cc1nn(CC(O)CNC(C)C(C)C)c(C)c1[N+](=O)[O-]. The van der Waals surface area contributed by atoms with E-state index in [4.69, 9.17) is 0 Å². The number of aliphatic hydroxyl groups excluding tert-OH is 1. The predicted octanol–water partition coefficient (Wildman–Crippen LogP) is 1.40. The van der Waals surface area contributed by atoms with E-state index in [-0.39, 0.29) is 12.2 Å². The van der Waals surface area contributed by atoms with Gasteiger partial charge in [0.15, 0.2) is 0 Å². The van der Waals surface area contributed by atoms with Gasteiger partial charge in [0.25, 0.3) is 0 Å². The Morgan fingerprint density at radius 2 is 2.00 bits per heavy atom. The molecule has 0 aliphatic carbocycles. The maximum atomic E-state index is 10.9. The van der Waals surface area contributed by atoms with Crippen LogP contribution in [0.2, 0.25) is 0 Å². The molecule has 0 spiro atoms. The average molecular weight is 284 g/mol. The Bertz CT molecular complexity index is 470. The Hall–Kier alpha value is -1.47. The highest BCUT2D eigenvalue weighted by Gasteiger charge is 2.22. The summed E-state index contributed by atoms with van der Waals surface area (Å²) in [6.45, 7) is 10.2. The van der Waals surface area contributed by atoms with Crippen LogP contribution in [0, 0.1) is 29.9 Å². The zero-order chi connectivity index (χ0) is 15.4. The molecular formula is C13H24N4O3. The van der Waals surface area contributed by atoms with Crippen LogP contribution in [0.5, 0.6) is 0 Å².